The molecule has 19 heavy (non-hydrogen) atoms. The molecule has 0 saturated heterocycles. The Morgan fingerprint density at radius 2 is 1.63 bits per heavy atom. The molecule has 0 unspecified atom stereocenters. The summed E-state index contributed by atoms with van der Waals surface area (Å²) in [6.45, 7) is 6.28. The Hall–Kier alpha value is -1.41. The van der Waals surface area contributed by atoms with Crippen LogP contribution in [-0.4, -0.2) is 5.78 Å². The average molecular weight is 317 g/mol. The van der Waals surface area contributed by atoms with Gasteiger partial charge in [-0.2, -0.15) is 0 Å². The van der Waals surface area contributed by atoms with Crippen molar-refractivity contribution < 1.29 is 4.79 Å². The van der Waals surface area contributed by atoms with Crippen LogP contribution in [0.15, 0.2) is 46.9 Å². The number of aryl methyl sites for hydroxylation is 1. The van der Waals surface area contributed by atoms with Gasteiger partial charge in [0.05, 0.1) is 0 Å². The minimum atomic E-state index is 0.0692. The Morgan fingerprint density at radius 1 is 1.00 bits per heavy atom. The molecule has 0 aromatic heterocycles. The quantitative estimate of drug-likeness (QED) is 0.719. The van der Waals surface area contributed by atoms with Crippen molar-refractivity contribution in [1.82, 2.24) is 0 Å². The summed E-state index contributed by atoms with van der Waals surface area (Å²) in [6.07, 6.45) is 0. The van der Waals surface area contributed by atoms with Crippen molar-refractivity contribution in [2.45, 2.75) is 26.7 Å². The summed E-state index contributed by atoms with van der Waals surface area (Å²) in [5, 5.41) is 0. The van der Waals surface area contributed by atoms with E-state index in [0.717, 1.165) is 21.2 Å². The van der Waals surface area contributed by atoms with E-state index in [4.69, 9.17) is 0 Å². The molecule has 1 nitrogen and oxygen atoms in total. The lowest BCUT2D eigenvalue weighted by molar-refractivity contribution is 0.103. The third-order valence-corrected chi connectivity index (χ3v) is 3.60. The number of rotatable bonds is 3. The molecule has 0 aliphatic heterocycles. The van der Waals surface area contributed by atoms with Crippen LogP contribution in [0.2, 0.25) is 0 Å². The van der Waals surface area contributed by atoms with E-state index in [1.54, 1.807) is 0 Å². The van der Waals surface area contributed by atoms with Crippen LogP contribution in [0.3, 0.4) is 0 Å². The van der Waals surface area contributed by atoms with Gasteiger partial charge in [0.25, 0.3) is 0 Å². The second-order valence-corrected chi connectivity index (χ2v) is 6.04. The Balaban J connectivity index is 2.33. The predicted octanol–water partition coefficient (Wildman–Crippen LogP) is 5.11. The summed E-state index contributed by atoms with van der Waals surface area (Å²) in [7, 11) is 0. The number of hydrogen-bond donors (Lipinski definition) is 0. The lowest BCUT2D eigenvalue weighted by Gasteiger charge is -2.07. The van der Waals surface area contributed by atoms with Gasteiger partial charge in [0, 0.05) is 15.6 Å². The molecule has 2 aromatic rings. The molecular weight excluding hydrogens is 300 g/mol. The van der Waals surface area contributed by atoms with E-state index in [-0.39, 0.29) is 5.78 Å². The molecule has 0 aliphatic rings. The van der Waals surface area contributed by atoms with Crippen molar-refractivity contribution in [1.29, 1.82) is 0 Å². The van der Waals surface area contributed by atoms with E-state index < -0.39 is 0 Å². The first kappa shape index (κ1) is 14.0. The zero-order chi connectivity index (χ0) is 14.0. The van der Waals surface area contributed by atoms with Crippen LogP contribution in [-0.2, 0) is 0 Å². The molecule has 2 heteroatoms. The van der Waals surface area contributed by atoms with Gasteiger partial charge < -0.3 is 0 Å². The van der Waals surface area contributed by atoms with Crippen molar-refractivity contribution in [3.05, 3.63) is 69.2 Å². The average Bonchev–Trinajstić information content (AvgIpc) is 2.37. The van der Waals surface area contributed by atoms with Crippen molar-refractivity contribution >= 4 is 21.7 Å². The Kier molecular flexibility index (Phi) is 4.20. The molecule has 0 amide bonds. The summed E-state index contributed by atoms with van der Waals surface area (Å²) in [4.78, 5) is 12.4. The lowest BCUT2D eigenvalue weighted by atomic mass is 9.97. The first-order chi connectivity index (χ1) is 8.97. The molecule has 0 bridgehead atoms. The van der Waals surface area contributed by atoms with Gasteiger partial charge in [0.1, 0.15) is 0 Å². The van der Waals surface area contributed by atoms with Gasteiger partial charge in [-0.05, 0) is 42.2 Å². The largest absolute Gasteiger partial charge is 0.289 e. The number of carbonyl (C=O) groups is 1. The maximum absolute atomic E-state index is 12.4. The number of ketones is 1. The molecule has 0 saturated carbocycles. The van der Waals surface area contributed by atoms with E-state index in [1.165, 1.54) is 5.56 Å². The predicted molar refractivity (Wildman–Crippen MR) is 82.8 cm³/mol. The molecule has 2 aromatic carbocycles. The molecule has 2 rings (SSSR count). The van der Waals surface area contributed by atoms with Gasteiger partial charge >= 0.3 is 0 Å². The first-order valence-electron chi connectivity index (χ1n) is 6.39. The van der Waals surface area contributed by atoms with E-state index in [9.17, 15) is 4.79 Å². The van der Waals surface area contributed by atoms with Crippen molar-refractivity contribution in [2.24, 2.45) is 0 Å². The normalized spacial score (nSPS) is 10.8. The summed E-state index contributed by atoms with van der Waals surface area (Å²) >= 11 is 3.43. The molecule has 0 atom stereocenters. The lowest BCUT2D eigenvalue weighted by Crippen LogP contribution is -2.02. The minimum absolute atomic E-state index is 0.0692. The van der Waals surface area contributed by atoms with Gasteiger partial charge in [-0.3, -0.25) is 4.79 Å². The van der Waals surface area contributed by atoms with Crippen LogP contribution in [0, 0.1) is 6.92 Å². The molecule has 0 N–H and O–H groups in total. The number of benzene rings is 2. The van der Waals surface area contributed by atoms with Gasteiger partial charge in [-0.15, -0.1) is 0 Å². The third-order valence-electron chi connectivity index (χ3n) is 3.14. The number of halogens is 1. The second-order valence-electron chi connectivity index (χ2n) is 5.12. The molecule has 0 heterocycles. The van der Waals surface area contributed by atoms with Crippen LogP contribution in [0.5, 0.6) is 0 Å². The first-order valence-corrected chi connectivity index (χ1v) is 7.18. The third kappa shape index (κ3) is 3.32. The Labute approximate surface area is 122 Å². The summed E-state index contributed by atoms with van der Waals surface area (Å²) in [5.74, 6) is 0.553. The zero-order valence-electron chi connectivity index (χ0n) is 11.4. The fraction of sp³-hybridized carbons (Fsp3) is 0.235. The highest BCUT2D eigenvalue weighted by molar-refractivity contribution is 9.10. The van der Waals surface area contributed by atoms with E-state index >= 15 is 0 Å². The maximum atomic E-state index is 12.4. The van der Waals surface area contributed by atoms with Crippen molar-refractivity contribution in [3.8, 4) is 0 Å². The Bertz CT molecular complexity index is 577. The summed E-state index contributed by atoms with van der Waals surface area (Å²) in [5.41, 5.74) is 3.80. The van der Waals surface area contributed by atoms with Crippen LogP contribution >= 0.6 is 15.9 Å². The van der Waals surface area contributed by atoms with Gasteiger partial charge in [-0.1, -0.05) is 54.0 Å². The monoisotopic (exact) mass is 316 g/mol. The molecule has 0 spiro atoms. The summed E-state index contributed by atoms with van der Waals surface area (Å²) in [6, 6.07) is 13.7. The smallest absolute Gasteiger partial charge is 0.193 e. The fourth-order valence-electron chi connectivity index (χ4n) is 2.05. The zero-order valence-corrected chi connectivity index (χ0v) is 13.0. The topological polar surface area (TPSA) is 17.1 Å². The van der Waals surface area contributed by atoms with Gasteiger partial charge in [0.15, 0.2) is 5.78 Å². The summed E-state index contributed by atoms with van der Waals surface area (Å²) < 4.78 is 0.939. The number of hydrogen-bond acceptors (Lipinski definition) is 1. The van der Waals surface area contributed by atoms with Crippen LogP contribution in [0.1, 0.15) is 46.8 Å². The molecule has 98 valence electrons. The Morgan fingerprint density at radius 3 is 2.16 bits per heavy atom. The van der Waals surface area contributed by atoms with Crippen molar-refractivity contribution in [2.75, 3.05) is 0 Å². The van der Waals surface area contributed by atoms with Crippen LogP contribution < -0.4 is 0 Å². The molecular formula is C17H17BrO. The van der Waals surface area contributed by atoms with Crippen LogP contribution in [0.25, 0.3) is 0 Å². The fourth-order valence-corrected chi connectivity index (χ4v) is 2.66. The van der Waals surface area contributed by atoms with E-state index in [0.29, 0.717) is 5.92 Å². The molecule has 0 aliphatic carbocycles. The SMILES string of the molecule is Cc1cc(Br)cc(C(=O)c2ccc(C(C)C)cc2)c1. The van der Waals surface area contributed by atoms with E-state index in [2.05, 4.69) is 29.8 Å². The van der Waals surface area contributed by atoms with Crippen molar-refractivity contribution in [3.63, 3.8) is 0 Å². The minimum Gasteiger partial charge on any atom is -0.289 e. The van der Waals surface area contributed by atoms with Crippen LogP contribution in [0.4, 0.5) is 0 Å². The van der Waals surface area contributed by atoms with Gasteiger partial charge in [-0.25, -0.2) is 0 Å². The molecule has 0 radical (unpaired) electrons. The second kappa shape index (κ2) is 5.70. The highest BCUT2D eigenvalue weighted by Crippen LogP contribution is 2.20. The van der Waals surface area contributed by atoms with Gasteiger partial charge in [0.2, 0.25) is 0 Å². The molecule has 0 fully saturated rings. The highest BCUT2D eigenvalue weighted by atomic mass is 79.9. The highest BCUT2D eigenvalue weighted by Gasteiger charge is 2.10. The standard InChI is InChI=1S/C17H17BrO/c1-11(2)13-4-6-14(7-5-13)17(19)15-8-12(3)9-16(18)10-15/h4-11H,1-3H3. The number of carbonyl (C=O) groups excluding carboxylic acids is 1. The van der Waals surface area contributed by atoms with E-state index in [1.807, 2.05) is 49.4 Å². The maximum Gasteiger partial charge on any atom is 0.193 e.